The standard InChI is InChI=1S/C7H9NO2S/c8-4-5-3-6-7(11-5)10-2-1-9-6/h3H,1-2,4,8H2. The second-order valence-corrected chi connectivity index (χ2v) is 3.36. The largest absolute Gasteiger partial charge is 0.485 e. The van der Waals surface area contributed by atoms with Crippen LogP contribution in [0.25, 0.3) is 0 Å². The summed E-state index contributed by atoms with van der Waals surface area (Å²) in [5.41, 5.74) is 5.46. The fraction of sp³-hybridized carbons (Fsp3) is 0.429. The molecule has 1 aliphatic heterocycles. The molecule has 0 saturated heterocycles. The van der Waals surface area contributed by atoms with E-state index in [9.17, 15) is 0 Å². The lowest BCUT2D eigenvalue weighted by atomic mass is 10.4. The number of fused-ring (bicyclic) bond motifs is 1. The summed E-state index contributed by atoms with van der Waals surface area (Å²) < 4.78 is 10.7. The zero-order valence-electron chi connectivity index (χ0n) is 6.00. The average Bonchev–Trinajstić information content (AvgIpc) is 2.46. The minimum absolute atomic E-state index is 0.560. The van der Waals surface area contributed by atoms with Gasteiger partial charge < -0.3 is 15.2 Å². The molecule has 0 atom stereocenters. The van der Waals surface area contributed by atoms with E-state index in [4.69, 9.17) is 15.2 Å². The summed E-state index contributed by atoms with van der Waals surface area (Å²) in [5.74, 6) is 0.849. The van der Waals surface area contributed by atoms with Gasteiger partial charge in [0.15, 0.2) is 5.75 Å². The van der Waals surface area contributed by atoms with Gasteiger partial charge in [-0.15, -0.1) is 0 Å². The van der Waals surface area contributed by atoms with Crippen LogP contribution in [0.4, 0.5) is 0 Å². The van der Waals surface area contributed by atoms with Crippen molar-refractivity contribution in [2.75, 3.05) is 13.2 Å². The summed E-state index contributed by atoms with van der Waals surface area (Å²) in [5, 5.41) is 0.872. The maximum Gasteiger partial charge on any atom is 0.217 e. The van der Waals surface area contributed by atoms with Gasteiger partial charge in [0.25, 0.3) is 0 Å². The molecule has 11 heavy (non-hydrogen) atoms. The lowest BCUT2D eigenvalue weighted by Gasteiger charge is -2.13. The Morgan fingerprint density at radius 2 is 2.27 bits per heavy atom. The summed E-state index contributed by atoms with van der Waals surface area (Å²) in [6.07, 6.45) is 0. The van der Waals surface area contributed by atoms with Crippen molar-refractivity contribution in [1.29, 1.82) is 0 Å². The minimum Gasteiger partial charge on any atom is -0.485 e. The molecule has 1 aromatic rings. The molecule has 0 spiro atoms. The third-order valence-electron chi connectivity index (χ3n) is 1.49. The van der Waals surface area contributed by atoms with Crippen molar-refractivity contribution in [2.45, 2.75) is 6.54 Å². The van der Waals surface area contributed by atoms with E-state index < -0.39 is 0 Å². The highest BCUT2D eigenvalue weighted by Crippen LogP contribution is 2.38. The molecule has 2 N–H and O–H groups in total. The van der Waals surface area contributed by atoms with Gasteiger partial charge in [0, 0.05) is 11.4 Å². The van der Waals surface area contributed by atoms with Crippen LogP contribution in [0.5, 0.6) is 10.8 Å². The van der Waals surface area contributed by atoms with Crippen LogP contribution in [-0.2, 0) is 6.54 Å². The van der Waals surface area contributed by atoms with E-state index in [0.717, 1.165) is 15.7 Å². The number of ether oxygens (including phenoxy) is 2. The summed E-state index contributed by atoms with van der Waals surface area (Å²) in [7, 11) is 0. The minimum atomic E-state index is 0.560. The van der Waals surface area contributed by atoms with Crippen molar-refractivity contribution < 1.29 is 9.47 Å². The first-order chi connectivity index (χ1) is 5.40. The molecule has 0 fully saturated rings. The molecule has 1 aromatic heterocycles. The Hall–Kier alpha value is -0.740. The molecular weight excluding hydrogens is 162 g/mol. The number of hydrogen-bond donors (Lipinski definition) is 1. The molecule has 0 aliphatic carbocycles. The van der Waals surface area contributed by atoms with Crippen molar-refractivity contribution in [1.82, 2.24) is 0 Å². The summed E-state index contributed by atoms with van der Waals surface area (Å²) in [4.78, 5) is 1.11. The molecular formula is C7H9NO2S. The molecule has 2 heterocycles. The third kappa shape index (κ3) is 1.19. The number of nitrogens with two attached hydrogens (primary N) is 1. The molecule has 1 aliphatic rings. The zero-order chi connectivity index (χ0) is 7.68. The van der Waals surface area contributed by atoms with Crippen molar-refractivity contribution in [3.05, 3.63) is 10.9 Å². The maximum atomic E-state index is 5.46. The maximum absolute atomic E-state index is 5.46. The second-order valence-electron chi connectivity index (χ2n) is 2.27. The fourth-order valence-corrected chi connectivity index (χ4v) is 1.84. The SMILES string of the molecule is NCc1cc2c(s1)OCCO2. The van der Waals surface area contributed by atoms with E-state index in [1.54, 1.807) is 11.3 Å². The topological polar surface area (TPSA) is 44.5 Å². The van der Waals surface area contributed by atoms with Crippen LogP contribution in [-0.4, -0.2) is 13.2 Å². The molecule has 3 nitrogen and oxygen atoms in total. The van der Waals surface area contributed by atoms with Crippen molar-refractivity contribution in [3.63, 3.8) is 0 Å². The smallest absolute Gasteiger partial charge is 0.217 e. The van der Waals surface area contributed by atoms with Gasteiger partial charge in [-0.3, -0.25) is 0 Å². The number of hydrogen-bond acceptors (Lipinski definition) is 4. The first kappa shape index (κ1) is 6.94. The first-order valence-corrected chi connectivity index (χ1v) is 4.30. The van der Waals surface area contributed by atoms with Gasteiger partial charge in [-0.2, -0.15) is 0 Å². The molecule has 0 radical (unpaired) electrons. The summed E-state index contributed by atoms with van der Waals surface area (Å²) in [6.45, 7) is 1.86. The predicted molar refractivity (Wildman–Crippen MR) is 43.2 cm³/mol. The van der Waals surface area contributed by atoms with E-state index in [1.165, 1.54) is 0 Å². The molecule has 2 rings (SSSR count). The first-order valence-electron chi connectivity index (χ1n) is 3.48. The second kappa shape index (κ2) is 2.71. The molecule has 0 bridgehead atoms. The van der Waals surface area contributed by atoms with Crippen LogP contribution in [0.15, 0.2) is 6.07 Å². The van der Waals surface area contributed by atoms with Crippen LogP contribution in [0.2, 0.25) is 0 Å². The van der Waals surface area contributed by atoms with Crippen LogP contribution in [0.1, 0.15) is 4.88 Å². The number of thiophene rings is 1. The van der Waals surface area contributed by atoms with E-state index >= 15 is 0 Å². The zero-order valence-corrected chi connectivity index (χ0v) is 6.82. The van der Waals surface area contributed by atoms with E-state index in [1.807, 2.05) is 6.07 Å². The van der Waals surface area contributed by atoms with Crippen molar-refractivity contribution >= 4 is 11.3 Å². The summed E-state index contributed by atoms with van der Waals surface area (Å²) in [6, 6.07) is 1.94. The highest BCUT2D eigenvalue weighted by atomic mass is 32.1. The number of rotatable bonds is 1. The van der Waals surface area contributed by atoms with Crippen molar-refractivity contribution in [3.8, 4) is 10.8 Å². The molecule has 60 valence electrons. The van der Waals surface area contributed by atoms with Gasteiger partial charge in [0.2, 0.25) is 5.06 Å². The third-order valence-corrected chi connectivity index (χ3v) is 2.54. The lowest BCUT2D eigenvalue weighted by molar-refractivity contribution is 0.178. The molecule has 0 aromatic carbocycles. The predicted octanol–water partition coefficient (Wildman–Crippen LogP) is 0.978. The summed E-state index contributed by atoms with van der Waals surface area (Å²) >= 11 is 1.56. The lowest BCUT2D eigenvalue weighted by Crippen LogP contribution is -2.13. The average molecular weight is 171 g/mol. The van der Waals surface area contributed by atoms with Gasteiger partial charge in [-0.25, -0.2) is 0 Å². The molecule has 0 amide bonds. The Morgan fingerprint density at radius 1 is 1.45 bits per heavy atom. The Bertz CT molecular complexity index is 235. The Labute approximate surface area is 68.7 Å². The van der Waals surface area contributed by atoms with Crippen LogP contribution < -0.4 is 15.2 Å². The van der Waals surface area contributed by atoms with Gasteiger partial charge in [-0.1, -0.05) is 11.3 Å². The van der Waals surface area contributed by atoms with Gasteiger partial charge in [0.05, 0.1) is 0 Å². The van der Waals surface area contributed by atoms with E-state index in [2.05, 4.69) is 0 Å². The van der Waals surface area contributed by atoms with Crippen LogP contribution >= 0.6 is 11.3 Å². The van der Waals surface area contributed by atoms with E-state index in [-0.39, 0.29) is 0 Å². The van der Waals surface area contributed by atoms with Gasteiger partial charge in [-0.05, 0) is 6.07 Å². The Morgan fingerprint density at radius 3 is 3.00 bits per heavy atom. The quantitative estimate of drug-likeness (QED) is 0.685. The molecule has 4 heteroatoms. The van der Waals surface area contributed by atoms with Crippen LogP contribution in [0, 0.1) is 0 Å². The van der Waals surface area contributed by atoms with Gasteiger partial charge in [0.1, 0.15) is 13.2 Å². The molecule has 0 saturated carbocycles. The Kier molecular flexibility index (Phi) is 1.71. The highest BCUT2D eigenvalue weighted by Gasteiger charge is 2.14. The van der Waals surface area contributed by atoms with Crippen LogP contribution in [0.3, 0.4) is 0 Å². The Balaban J connectivity index is 2.32. The van der Waals surface area contributed by atoms with Crippen molar-refractivity contribution in [2.24, 2.45) is 5.73 Å². The normalized spacial score (nSPS) is 15.0. The monoisotopic (exact) mass is 171 g/mol. The van der Waals surface area contributed by atoms with Gasteiger partial charge >= 0.3 is 0 Å². The highest BCUT2D eigenvalue weighted by molar-refractivity contribution is 7.14. The fourth-order valence-electron chi connectivity index (χ4n) is 0.992. The molecule has 0 unspecified atom stereocenters. The van der Waals surface area contributed by atoms with E-state index in [0.29, 0.717) is 19.8 Å².